The summed E-state index contributed by atoms with van der Waals surface area (Å²) in [6, 6.07) is -0.580. The van der Waals surface area contributed by atoms with Crippen LogP contribution >= 0.6 is 22.6 Å². The average Bonchev–Trinajstić information content (AvgIpc) is 2.04. The molecule has 0 saturated heterocycles. The first-order valence-corrected chi connectivity index (χ1v) is 5.33. The minimum Gasteiger partial charge on any atom is -0.369 e. The maximum absolute atomic E-state index is 10.9. The SMILES string of the molecule is NC(=O)C1CC([N+](=O)[O-])CCC1I. The van der Waals surface area contributed by atoms with Gasteiger partial charge in [0.05, 0.1) is 5.92 Å². The van der Waals surface area contributed by atoms with Gasteiger partial charge in [-0.1, -0.05) is 22.6 Å². The molecule has 0 aliphatic heterocycles. The van der Waals surface area contributed by atoms with E-state index in [0.29, 0.717) is 19.3 Å². The van der Waals surface area contributed by atoms with Gasteiger partial charge in [0.2, 0.25) is 11.9 Å². The minimum absolute atomic E-state index is 0.159. The van der Waals surface area contributed by atoms with Crippen LogP contribution in [0, 0.1) is 16.0 Å². The van der Waals surface area contributed by atoms with E-state index in [4.69, 9.17) is 5.73 Å². The van der Waals surface area contributed by atoms with Gasteiger partial charge in [-0.25, -0.2) is 0 Å². The van der Waals surface area contributed by atoms with Crippen LogP contribution in [0.4, 0.5) is 0 Å². The van der Waals surface area contributed by atoms with Crippen molar-refractivity contribution in [1.29, 1.82) is 0 Å². The van der Waals surface area contributed by atoms with Gasteiger partial charge in [0, 0.05) is 21.7 Å². The predicted octanol–water partition coefficient (Wildman–Crippen LogP) is 0.721. The monoisotopic (exact) mass is 298 g/mol. The van der Waals surface area contributed by atoms with Gasteiger partial charge in [-0.2, -0.15) is 0 Å². The zero-order valence-electron chi connectivity index (χ0n) is 6.98. The van der Waals surface area contributed by atoms with Crippen LogP contribution in [0.3, 0.4) is 0 Å². The number of hydrogen-bond donors (Lipinski definition) is 1. The topological polar surface area (TPSA) is 86.2 Å². The largest absolute Gasteiger partial charge is 0.369 e. The lowest BCUT2D eigenvalue weighted by Crippen LogP contribution is -2.40. The summed E-state index contributed by atoms with van der Waals surface area (Å²) in [5.41, 5.74) is 5.15. The molecule has 1 fully saturated rings. The highest BCUT2D eigenvalue weighted by molar-refractivity contribution is 14.1. The van der Waals surface area contributed by atoms with Gasteiger partial charge in [-0.15, -0.1) is 0 Å². The Morgan fingerprint density at radius 1 is 1.54 bits per heavy atom. The van der Waals surface area contributed by atoms with Crippen LogP contribution in [0.25, 0.3) is 0 Å². The van der Waals surface area contributed by atoms with Crippen LogP contribution in [0.2, 0.25) is 0 Å². The molecule has 0 heterocycles. The number of nitrogens with two attached hydrogens (primary N) is 1. The molecule has 1 saturated carbocycles. The maximum atomic E-state index is 10.9. The summed E-state index contributed by atoms with van der Waals surface area (Å²) in [5.74, 6) is -0.740. The summed E-state index contributed by atoms with van der Waals surface area (Å²) >= 11 is 2.14. The maximum Gasteiger partial charge on any atom is 0.221 e. The Morgan fingerprint density at radius 3 is 2.62 bits per heavy atom. The van der Waals surface area contributed by atoms with E-state index in [2.05, 4.69) is 22.6 Å². The van der Waals surface area contributed by atoms with Crippen LogP contribution in [-0.2, 0) is 4.79 Å². The molecule has 1 aliphatic rings. The first-order valence-electron chi connectivity index (χ1n) is 4.09. The molecule has 3 unspecified atom stereocenters. The van der Waals surface area contributed by atoms with Gasteiger partial charge < -0.3 is 5.73 Å². The van der Waals surface area contributed by atoms with Gasteiger partial charge in [0.15, 0.2) is 0 Å². The molecule has 0 spiro atoms. The van der Waals surface area contributed by atoms with Crippen molar-refractivity contribution in [2.24, 2.45) is 11.7 Å². The molecular formula is C7H11IN2O3. The third-order valence-electron chi connectivity index (χ3n) is 2.40. The third kappa shape index (κ3) is 2.52. The fourth-order valence-corrected chi connectivity index (χ4v) is 2.60. The van der Waals surface area contributed by atoms with Gasteiger partial charge in [-0.3, -0.25) is 14.9 Å². The average molecular weight is 298 g/mol. The Labute approximate surface area is 89.3 Å². The number of rotatable bonds is 2. The second-order valence-corrected chi connectivity index (χ2v) is 4.88. The Hall–Kier alpha value is -0.400. The lowest BCUT2D eigenvalue weighted by molar-refractivity contribution is -0.527. The quantitative estimate of drug-likeness (QED) is 0.353. The number of nitro groups is 1. The second kappa shape index (κ2) is 4.21. The molecule has 0 radical (unpaired) electrons. The van der Waals surface area contributed by atoms with Crippen molar-refractivity contribution in [3.8, 4) is 0 Å². The zero-order valence-corrected chi connectivity index (χ0v) is 9.14. The van der Waals surface area contributed by atoms with E-state index >= 15 is 0 Å². The summed E-state index contributed by atoms with van der Waals surface area (Å²) in [6.07, 6.45) is 1.57. The molecule has 0 bridgehead atoms. The van der Waals surface area contributed by atoms with Crippen LogP contribution in [-0.4, -0.2) is 20.8 Å². The van der Waals surface area contributed by atoms with E-state index in [9.17, 15) is 14.9 Å². The number of primary amides is 1. The summed E-state index contributed by atoms with van der Waals surface area (Å²) in [4.78, 5) is 21.1. The molecule has 13 heavy (non-hydrogen) atoms. The molecule has 0 aromatic carbocycles. The predicted molar refractivity (Wildman–Crippen MR) is 55.1 cm³/mol. The van der Waals surface area contributed by atoms with Crippen molar-refractivity contribution in [3.05, 3.63) is 10.1 Å². The standard InChI is InChI=1S/C7H11IN2O3/c8-6-2-1-4(10(12)13)3-5(6)7(9)11/h4-6H,1-3H2,(H2,9,11). The van der Waals surface area contributed by atoms with Crippen LogP contribution < -0.4 is 5.73 Å². The number of halogens is 1. The molecule has 1 amide bonds. The summed E-state index contributed by atoms with van der Waals surface area (Å²) in [6.45, 7) is 0. The fraction of sp³-hybridized carbons (Fsp3) is 0.857. The lowest BCUT2D eigenvalue weighted by Gasteiger charge is -2.26. The highest BCUT2D eigenvalue weighted by Gasteiger charge is 2.37. The fourth-order valence-electron chi connectivity index (χ4n) is 1.60. The first-order chi connectivity index (χ1) is 6.02. The van der Waals surface area contributed by atoms with Crippen LogP contribution in [0.5, 0.6) is 0 Å². The van der Waals surface area contributed by atoms with E-state index in [1.165, 1.54) is 0 Å². The molecule has 5 nitrogen and oxygen atoms in total. The highest BCUT2D eigenvalue weighted by atomic mass is 127. The summed E-state index contributed by atoms with van der Waals surface area (Å²) in [7, 11) is 0. The van der Waals surface area contributed by atoms with E-state index in [-0.39, 0.29) is 14.8 Å². The van der Waals surface area contributed by atoms with Crippen molar-refractivity contribution < 1.29 is 9.72 Å². The number of nitrogens with zero attached hydrogens (tertiary/aromatic N) is 1. The molecule has 3 atom stereocenters. The van der Waals surface area contributed by atoms with Crippen molar-refractivity contribution in [1.82, 2.24) is 0 Å². The molecule has 0 aromatic heterocycles. The minimum atomic E-state index is -0.580. The molecule has 74 valence electrons. The Balaban J connectivity index is 2.63. The van der Waals surface area contributed by atoms with Gasteiger partial charge in [-0.05, 0) is 6.42 Å². The van der Waals surface area contributed by atoms with Crippen molar-refractivity contribution >= 4 is 28.5 Å². The number of carbonyl (C=O) groups is 1. The Kier molecular flexibility index (Phi) is 3.46. The van der Waals surface area contributed by atoms with Gasteiger partial charge in [0.1, 0.15) is 0 Å². The third-order valence-corrected chi connectivity index (χ3v) is 3.89. The van der Waals surface area contributed by atoms with E-state index in [1.54, 1.807) is 0 Å². The Bertz CT molecular complexity index is 234. The van der Waals surface area contributed by atoms with E-state index < -0.39 is 11.9 Å². The first kappa shape index (κ1) is 10.7. The number of carbonyl (C=O) groups excluding carboxylic acids is 1. The number of amides is 1. The summed E-state index contributed by atoms with van der Waals surface area (Å²) < 4.78 is 0.159. The number of alkyl halides is 1. The van der Waals surface area contributed by atoms with E-state index in [1.807, 2.05) is 0 Å². The summed E-state index contributed by atoms with van der Waals surface area (Å²) in [5, 5.41) is 10.5. The van der Waals surface area contributed by atoms with Crippen molar-refractivity contribution in [2.75, 3.05) is 0 Å². The van der Waals surface area contributed by atoms with E-state index in [0.717, 1.165) is 0 Å². The van der Waals surface area contributed by atoms with Gasteiger partial charge in [0.25, 0.3) is 0 Å². The molecule has 6 heteroatoms. The van der Waals surface area contributed by atoms with Crippen LogP contribution in [0.1, 0.15) is 19.3 Å². The Morgan fingerprint density at radius 2 is 2.15 bits per heavy atom. The molecule has 1 rings (SSSR count). The smallest absolute Gasteiger partial charge is 0.221 e. The molecular weight excluding hydrogens is 287 g/mol. The zero-order chi connectivity index (χ0) is 10.0. The molecule has 1 aliphatic carbocycles. The van der Waals surface area contributed by atoms with Gasteiger partial charge >= 0.3 is 0 Å². The second-order valence-electron chi connectivity index (χ2n) is 3.28. The van der Waals surface area contributed by atoms with Crippen molar-refractivity contribution in [2.45, 2.75) is 29.2 Å². The molecule has 2 N–H and O–H groups in total. The lowest BCUT2D eigenvalue weighted by atomic mass is 9.85. The van der Waals surface area contributed by atoms with Crippen molar-refractivity contribution in [3.63, 3.8) is 0 Å². The number of hydrogen-bond acceptors (Lipinski definition) is 3. The molecule has 0 aromatic rings. The highest BCUT2D eigenvalue weighted by Crippen LogP contribution is 2.31. The normalized spacial score (nSPS) is 34.1. The van der Waals surface area contributed by atoms with Crippen LogP contribution in [0.15, 0.2) is 0 Å².